The molecule has 0 fully saturated rings. The molecule has 0 saturated carbocycles. The lowest BCUT2D eigenvalue weighted by Crippen LogP contribution is -2.35. The van der Waals surface area contributed by atoms with Gasteiger partial charge in [-0.2, -0.15) is 0 Å². The number of carbonyl (C=O) groups excluding carboxylic acids is 1. The van der Waals surface area contributed by atoms with Crippen LogP contribution in [0, 0.1) is 0 Å². The molecule has 0 saturated heterocycles. The summed E-state index contributed by atoms with van der Waals surface area (Å²) >= 11 is 5.82. The number of nitrogens with one attached hydrogen (secondary N) is 1. The SMILES string of the molecule is CC(C)(C)OC(=O)N[C@H](CF)c1cccc(Cl)c1. The van der Waals surface area contributed by atoms with Gasteiger partial charge in [-0.05, 0) is 38.5 Å². The molecule has 1 amide bonds. The fourth-order valence-corrected chi connectivity index (χ4v) is 1.58. The number of carbonyl (C=O) groups is 1. The number of amides is 1. The Morgan fingerprint density at radius 2 is 2.17 bits per heavy atom. The highest BCUT2D eigenvalue weighted by atomic mass is 35.5. The maximum atomic E-state index is 13.0. The predicted molar refractivity (Wildman–Crippen MR) is 69.5 cm³/mol. The van der Waals surface area contributed by atoms with Gasteiger partial charge >= 0.3 is 6.09 Å². The Bertz CT molecular complexity index is 418. The van der Waals surface area contributed by atoms with E-state index >= 15 is 0 Å². The molecule has 1 aromatic carbocycles. The molecule has 5 heteroatoms. The lowest BCUT2D eigenvalue weighted by Gasteiger charge is -2.22. The van der Waals surface area contributed by atoms with Crippen molar-refractivity contribution in [1.29, 1.82) is 0 Å². The first-order valence-corrected chi connectivity index (χ1v) is 6.00. The van der Waals surface area contributed by atoms with Crippen LogP contribution < -0.4 is 5.32 Å². The fraction of sp³-hybridized carbons (Fsp3) is 0.462. The molecule has 0 aliphatic rings. The Balaban J connectivity index is 2.71. The van der Waals surface area contributed by atoms with Gasteiger partial charge in [-0.25, -0.2) is 9.18 Å². The van der Waals surface area contributed by atoms with Crippen molar-refractivity contribution in [2.45, 2.75) is 32.4 Å². The van der Waals surface area contributed by atoms with Gasteiger partial charge in [-0.1, -0.05) is 23.7 Å². The van der Waals surface area contributed by atoms with E-state index in [0.29, 0.717) is 10.6 Å². The number of benzene rings is 1. The van der Waals surface area contributed by atoms with Gasteiger partial charge in [0.05, 0.1) is 6.04 Å². The molecule has 0 aliphatic carbocycles. The van der Waals surface area contributed by atoms with Crippen molar-refractivity contribution in [3.05, 3.63) is 34.9 Å². The van der Waals surface area contributed by atoms with Crippen LogP contribution in [0.15, 0.2) is 24.3 Å². The van der Waals surface area contributed by atoms with Crippen molar-refractivity contribution < 1.29 is 13.9 Å². The normalized spacial score (nSPS) is 12.9. The quantitative estimate of drug-likeness (QED) is 0.908. The molecule has 0 radical (unpaired) electrons. The third-order valence-electron chi connectivity index (χ3n) is 2.10. The summed E-state index contributed by atoms with van der Waals surface area (Å²) in [6.07, 6.45) is -0.648. The highest BCUT2D eigenvalue weighted by Gasteiger charge is 2.20. The number of rotatable bonds is 3. The van der Waals surface area contributed by atoms with Crippen LogP contribution in [0.4, 0.5) is 9.18 Å². The van der Waals surface area contributed by atoms with Crippen LogP contribution >= 0.6 is 11.6 Å². The molecule has 3 nitrogen and oxygen atoms in total. The summed E-state index contributed by atoms with van der Waals surface area (Å²) in [5, 5.41) is 2.97. The minimum atomic E-state index is -0.751. The topological polar surface area (TPSA) is 38.3 Å². The molecule has 18 heavy (non-hydrogen) atoms. The first kappa shape index (κ1) is 14.8. The van der Waals surface area contributed by atoms with Crippen LogP contribution in [0.2, 0.25) is 5.02 Å². The molecule has 0 aliphatic heterocycles. The Morgan fingerprint density at radius 1 is 1.50 bits per heavy atom. The molecule has 0 spiro atoms. The monoisotopic (exact) mass is 273 g/mol. The van der Waals surface area contributed by atoms with E-state index in [1.54, 1.807) is 45.0 Å². The predicted octanol–water partition coefficient (Wildman–Crippen LogP) is 3.88. The number of alkyl halides is 1. The lowest BCUT2D eigenvalue weighted by molar-refractivity contribution is 0.0495. The highest BCUT2D eigenvalue weighted by molar-refractivity contribution is 6.30. The van der Waals surface area contributed by atoms with E-state index in [1.165, 1.54) is 0 Å². The van der Waals surface area contributed by atoms with Crippen molar-refractivity contribution in [2.24, 2.45) is 0 Å². The molecule has 0 aromatic heterocycles. The van der Waals surface area contributed by atoms with Gasteiger partial charge in [0, 0.05) is 5.02 Å². The van der Waals surface area contributed by atoms with E-state index in [0.717, 1.165) is 0 Å². The maximum Gasteiger partial charge on any atom is 0.408 e. The molecule has 1 rings (SSSR count). The molecule has 1 aromatic rings. The van der Waals surface area contributed by atoms with Crippen LogP contribution in [-0.4, -0.2) is 18.4 Å². The average molecular weight is 274 g/mol. The standard InChI is InChI=1S/C13H17ClFNO2/c1-13(2,3)18-12(17)16-11(8-15)9-5-4-6-10(14)7-9/h4-7,11H,8H2,1-3H3,(H,16,17)/t11-/m1/s1. The van der Waals surface area contributed by atoms with Crippen molar-refractivity contribution in [1.82, 2.24) is 5.32 Å². The summed E-state index contributed by atoms with van der Waals surface area (Å²) in [5.74, 6) is 0. The largest absolute Gasteiger partial charge is 0.444 e. The Hall–Kier alpha value is -1.29. The van der Waals surface area contributed by atoms with Crippen molar-refractivity contribution in [3.63, 3.8) is 0 Å². The Kier molecular flexibility index (Phi) is 4.96. The van der Waals surface area contributed by atoms with Crippen LogP contribution in [0.5, 0.6) is 0 Å². The van der Waals surface area contributed by atoms with Gasteiger partial charge in [0.2, 0.25) is 0 Å². The van der Waals surface area contributed by atoms with E-state index in [1.807, 2.05) is 0 Å². The van der Waals surface area contributed by atoms with E-state index < -0.39 is 24.4 Å². The number of hydrogen-bond donors (Lipinski definition) is 1. The van der Waals surface area contributed by atoms with E-state index in [2.05, 4.69) is 5.32 Å². The first-order valence-electron chi connectivity index (χ1n) is 5.63. The van der Waals surface area contributed by atoms with Gasteiger partial charge in [0.15, 0.2) is 0 Å². The van der Waals surface area contributed by atoms with Crippen molar-refractivity contribution in [3.8, 4) is 0 Å². The summed E-state index contributed by atoms with van der Waals surface area (Å²) in [6, 6.07) is 5.96. The van der Waals surface area contributed by atoms with Crippen LogP contribution in [0.25, 0.3) is 0 Å². The molecule has 1 N–H and O–H groups in total. The number of alkyl carbamates (subject to hydrolysis) is 1. The third kappa shape index (κ3) is 4.92. The summed E-state index contributed by atoms with van der Waals surface area (Å²) in [6.45, 7) is 4.52. The Labute approximate surface area is 111 Å². The lowest BCUT2D eigenvalue weighted by atomic mass is 10.1. The van der Waals surface area contributed by atoms with Crippen molar-refractivity contribution >= 4 is 17.7 Å². The summed E-state index contributed by atoms with van der Waals surface area (Å²) in [7, 11) is 0. The summed E-state index contributed by atoms with van der Waals surface area (Å²) in [4.78, 5) is 11.6. The van der Waals surface area contributed by atoms with Crippen molar-refractivity contribution in [2.75, 3.05) is 6.67 Å². The molecular formula is C13H17ClFNO2. The number of hydrogen-bond acceptors (Lipinski definition) is 2. The van der Waals surface area contributed by atoms with Gasteiger partial charge in [0.25, 0.3) is 0 Å². The zero-order chi connectivity index (χ0) is 13.8. The van der Waals surface area contributed by atoms with Crippen LogP contribution in [-0.2, 0) is 4.74 Å². The van der Waals surface area contributed by atoms with E-state index in [4.69, 9.17) is 16.3 Å². The zero-order valence-corrected chi connectivity index (χ0v) is 11.4. The highest BCUT2D eigenvalue weighted by Crippen LogP contribution is 2.19. The second kappa shape index (κ2) is 6.05. The molecule has 0 unspecified atom stereocenters. The van der Waals surface area contributed by atoms with Crippen LogP contribution in [0.1, 0.15) is 32.4 Å². The number of ether oxygens (including phenoxy) is 1. The minimum absolute atomic E-state index is 0.497. The van der Waals surface area contributed by atoms with Gasteiger partial charge in [0.1, 0.15) is 12.3 Å². The summed E-state index contributed by atoms with van der Waals surface area (Å²) < 4.78 is 18.0. The minimum Gasteiger partial charge on any atom is -0.444 e. The molecule has 0 heterocycles. The molecule has 0 bridgehead atoms. The van der Waals surface area contributed by atoms with E-state index in [-0.39, 0.29) is 0 Å². The van der Waals surface area contributed by atoms with Gasteiger partial charge in [-0.3, -0.25) is 0 Å². The average Bonchev–Trinajstić information content (AvgIpc) is 2.23. The maximum absolute atomic E-state index is 13.0. The fourth-order valence-electron chi connectivity index (χ4n) is 1.38. The smallest absolute Gasteiger partial charge is 0.408 e. The van der Waals surface area contributed by atoms with Crippen LogP contribution in [0.3, 0.4) is 0 Å². The van der Waals surface area contributed by atoms with Gasteiger partial charge < -0.3 is 10.1 Å². The second-order valence-electron chi connectivity index (χ2n) is 4.91. The molecule has 100 valence electrons. The molecule has 1 atom stereocenters. The summed E-state index contributed by atoms with van der Waals surface area (Å²) in [5.41, 5.74) is -0.00455. The zero-order valence-electron chi connectivity index (χ0n) is 10.7. The number of halogens is 2. The third-order valence-corrected chi connectivity index (χ3v) is 2.33. The first-order chi connectivity index (χ1) is 8.31. The van der Waals surface area contributed by atoms with E-state index in [9.17, 15) is 9.18 Å². The second-order valence-corrected chi connectivity index (χ2v) is 5.34. The Morgan fingerprint density at radius 3 is 2.67 bits per heavy atom. The molecular weight excluding hydrogens is 257 g/mol. The van der Waals surface area contributed by atoms with Gasteiger partial charge in [-0.15, -0.1) is 0 Å².